The second kappa shape index (κ2) is 3.87. The summed E-state index contributed by atoms with van der Waals surface area (Å²) in [5.74, 6) is -0.0356. The van der Waals surface area contributed by atoms with Gasteiger partial charge in [0.15, 0.2) is 0 Å². The maximum Gasteiger partial charge on any atom is 0.145 e. The van der Waals surface area contributed by atoms with Crippen LogP contribution in [0.15, 0.2) is 12.1 Å². The molecule has 76 valence electrons. The Hall–Kier alpha value is -0.600. The van der Waals surface area contributed by atoms with Crippen molar-refractivity contribution in [1.29, 1.82) is 0 Å². The SMILES string of the molecule is CC1CNCCc2ccc(Cl)c(F)c21. The Morgan fingerprint density at radius 2 is 2.29 bits per heavy atom. The number of fused-ring (bicyclic) bond motifs is 1. The van der Waals surface area contributed by atoms with Crippen molar-refractivity contribution in [3.63, 3.8) is 0 Å². The minimum atomic E-state index is -0.236. The van der Waals surface area contributed by atoms with E-state index < -0.39 is 0 Å². The van der Waals surface area contributed by atoms with Crippen molar-refractivity contribution in [3.8, 4) is 0 Å². The van der Waals surface area contributed by atoms with Crippen LogP contribution >= 0.6 is 11.6 Å². The van der Waals surface area contributed by atoms with E-state index in [-0.39, 0.29) is 16.8 Å². The molecule has 1 heterocycles. The van der Waals surface area contributed by atoms with Gasteiger partial charge in [0.1, 0.15) is 5.82 Å². The lowest BCUT2D eigenvalue weighted by Gasteiger charge is -2.13. The van der Waals surface area contributed by atoms with E-state index in [9.17, 15) is 4.39 Å². The van der Waals surface area contributed by atoms with Crippen LogP contribution in [0.1, 0.15) is 24.0 Å². The molecule has 1 unspecified atom stereocenters. The first-order valence-electron chi connectivity index (χ1n) is 4.87. The van der Waals surface area contributed by atoms with Crippen molar-refractivity contribution in [1.82, 2.24) is 5.32 Å². The molecule has 1 nitrogen and oxygen atoms in total. The Morgan fingerprint density at radius 1 is 1.50 bits per heavy atom. The van der Waals surface area contributed by atoms with Crippen LogP contribution in [0.4, 0.5) is 4.39 Å². The van der Waals surface area contributed by atoms with E-state index in [0.29, 0.717) is 0 Å². The van der Waals surface area contributed by atoms with Crippen LogP contribution in [0.3, 0.4) is 0 Å². The molecule has 0 bridgehead atoms. The van der Waals surface area contributed by atoms with Crippen LogP contribution in [0.2, 0.25) is 5.02 Å². The predicted molar refractivity (Wildman–Crippen MR) is 56.4 cm³/mol. The van der Waals surface area contributed by atoms with Gasteiger partial charge in [0.25, 0.3) is 0 Å². The summed E-state index contributed by atoms with van der Waals surface area (Å²) in [7, 11) is 0. The lowest BCUT2D eigenvalue weighted by molar-refractivity contribution is 0.577. The van der Waals surface area contributed by atoms with Crippen LogP contribution in [0.25, 0.3) is 0 Å². The molecule has 0 aliphatic carbocycles. The molecule has 0 amide bonds. The lowest BCUT2D eigenvalue weighted by atomic mass is 9.95. The summed E-state index contributed by atoms with van der Waals surface area (Å²) >= 11 is 5.77. The number of hydrogen-bond donors (Lipinski definition) is 1. The Morgan fingerprint density at radius 3 is 3.07 bits per heavy atom. The van der Waals surface area contributed by atoms with Crippen LogP contribution in [0, 0.1) is 5.82 Å². The van der Waals surface area contributed by atoms with E-state index in [2.05, 4.69) is 5.32 Å². The van der Waals surface area contributed by atoms with Gasteiger partial charge in [-0.25, -0.2) is 4.39 Å². The fourth-order valence-electron chi connectivity index (χ4n) is 2.00. The molecular formula is C11H13ClFN. The average Bonchev–Trinajstić information content (AvgIpc) is 2.35. The van der Waals surface area contributed by atoms with Gasteiger partial charge in [-0.2, -0.15) is 0 Å². The van der Waals surface area contributed by atoms with Gasteiger partial charge in [0, 0.05) is 6.54 Å². The van der Waals surface area contributed by atoms with Crippen LogP contribution < -0.4 is 5.32 Å². The van der Waals surface area contributed by atoms with Crippen molar-refractivity contribution >= 4 is 11.6 Å². The third-order valence-corrected chi connectivity index (χ3v) is 3.03. The molecule has 1 aromatic carbocycles. The highest BCUT2D eigenvalue weighted by atomic mass is 35.5. The van der Waals surface area contributed by atoms with Crippen LogP contribution in [-0.4, -0.2) is 13.1 Å². The fraction of sp³-hybridized carbons (Fsp3) is 0.455. The molecule has 2 rings (SSSR count). The van der Waals surface area contributed by atoms with Gasteiger partial charge in [-0.15, -0.1) is 0 Å². The van der Waals surface area contributed by atoms with Crippen molar-refractivity contribution in [2.24, 2.45) is 0 Å². The monoisotopic (exact) mass is 213 g/mol. The molecule has 0 aromatic heterocycles. The van der Waals surface area contributed by atoms with Crippen molar-refractivity contribution < 1.29 is 4.39 Å². The molecule has 0 saturated heterocycles. The summed E-state index contributed by atoms with van der Waals surface area (Å²) in [5.41, 5.74) is 1.88. The van der Waals surface area contributed by atoms with Gasteiger partial charge in [0.2, 0.25) is 0 Å². The van der Waals surface area contributed by atoms with Gasteiger partial charge < -0.3 is 5.32 Å². The number of benzene rings is 1. The standard InChI is InChI=1S/C11H13ClFN/c1-7-6-14-5-4-8-2-3-9(12)11(13)10(7)8/h2-3,7,14H,4-6H2,1H3. The summed E-state index contributed by atoms with van der Waals surface area (Å²) in [5, 5.41) is 3.51. The molecule has 0 saturated carbocycles. The van der Waals surface area contributed by atoms with Gasteiger partial charge in [-0.1, -0.05) is 24.6 Å². The largest absolute Gasteiger partial charge is 0.316 e. The van der Waals surface area contributed by atoms with E-state index in [1.165, 1.54) is 0 Å². The van der Waals surface area contributed by atoms with E-state index >= 15 is 0 Å². The first-order valence-corrected chi connectivity index (χ1v) is 5.25. The van der Waals surface area contributed by atoms with E-state index in [4.69, 9.17) is 11.6 Å². The number of nitrogens with one attached hydrogen (secondary N) is 1. The predicted octanol–water partition coefficient (Wildman–Crippen LogP) is 2.73. The Labute approximate surface area is 88.3 Å². The molecule has 1 aliphatic rings. The summed E-state index contributed by atoms with van der Waals surface area (Å²) in [6, 6.07) is 3.58. The molecule has 1 aromatic rings. The highest BCUT2D eigenvalue weighted by molar-refractivity contribution is 6.30. The average molecular weight is 214 g/mol. The first-order chi connectivity index (χ1) is 6.70. The normalized spacial score (nSPS) is 21.5. The van der Waals surface area contributed by atoms with Gasteiger partial charge in [0.05, 0.1) is 5.02 Å². The molecular weight excluding hydrogens is 201 g/mol. The molecule has 1 atom stereocenters. The molecule has 0 radical (unpaired) electrons. The topological polar surface area (TPSA) is 12.0 Å². The first kappa shape index (κ1) is 9.94. The summed E-state index contributed by atoms with van der Waals surface area (Å²) in [6.07, 6.45) is 0.883. The maximum atomic E-state index is 13.8. The van der Waals surface area contributed by atoms with Crippen LogP contribution in [-0.2, 0) is 6.42 Å². The number of hydrogen-bond acceptors (Lipinski definition) is 1. The lowest BCUT2D eigenvalue weighted by Crippen LogP contribution is -2.18. The summed E-state index contributed by atoms with van der Waals surface area (Å²) in [4.78, 5) is 0. The highest BCUT2D eigenvalue weighted by Crippen LogP contribution is 2.29. The minimum Gasteiger partial charge on any atom is -0.316 e. The second-order valence-corrected chi connectivity index (χ2v) is 4.20. The molecule has 0 spiro atoms. The second-order valence-electron chi connectivity index (χ2n) is 3.79. The zero-order valence-corrected chi connectivity index (χ0v) is 8.87. The molecule has 1 N–H and O–H groups in total. The maximum absolute atomic E-state index is 13.8. The van der Waals surface area contributed by atoms with Crippen LogP contribution in [0.5, 0.6) is 0 Å². The molecule has 1 aliphatic heterocycles. The minimum absolute atomic E-state index is 0.200. The zero-order chi connectivity index (χ0) is 10.1. The third-order valence-electron chi connectivity index (χ3n) is 2.74. The Kier molecular flexibility index (Phi) is 2.75. The highest BCUT2D eigenvalue weighted by Gasteiger charge is 2.20. The fourth-order valence-corrected chi connectivity index (χ4v) is 2.17. The summed E-state index contributed by atoms with van der Waals surface area (Å²) < 4.78 is 13.8. The molecule has 0 fully saturated rings. The van der Waals surface area contributed by atoms with Gasteiger partial charge >= 0.3 is 0 Å². The van der Waals surface area contributed by atoms with Crippen molar-refractivity contribution in [3.05, 3.63) is 34.1 Å². The third kappa shape index (κ3) is 1.64. The van der Waals surface area contributed by atoms with Crippen molar-refractivity contribution in [2.45, 2.75) is 19.3 Å². The zero-order valence-electron chi connectivity index (χ0n) is 8.11. The summed E-state index contributed by atoms with van der Waals surface area (Å²) in [6.45, 7) is 3.76. The van der Waals surface area contributed by atoms with E-state index in [1.807, 2.05) is 13.0 Å². The Balaban J connectivity index is 2.54. The van der Waals surface area contributed by atoms with Crippen molar-refractivity contribution in [2.75, 3.05) is 13.1 Å². The molecule has 3 heteroatoms. The van der Waals surface area contributed by atoms with E-state index in [0.717, 1.165) is 30.6 Å². The quantitative estimate of drug-likeness (QED) is 0.699. The number of halogens is 2. The van der Waals surface area contributed by atoms with Gasteiger partial charge in [-0.05, 0) is 36.1 Å². The smallest absolute Gasteiger partial charge is 0.145 e. The Bertz CT molecular complexity index is 351. The number of rotatable bonds is 0. The van der Waals surface area contributed by atoms with E-state index in [1.54, 1.807) is 6.07 Å². The molecule has 14 heavy (non-hydrogen) atoms. The van der Waals surface area contributed by atoms with Gasteiger partial charge in [-0.3, -0.25) is 0 Å².